The molecular formula is C16H18N4O3. The predicted molar refractivity (Wildman–Crippen MR) is 82.7 cm³/mol. The van der Waals surface area contributed by atoms with E-state index in [1.54, 1.807) is 30.1 Å². The van der Waals surface area contributed by atoms with Crippen molar-refractivity contribution < 1.29 is 14.7 Å². The molecule has 3 rings (SSSR count). The fraction of sp³-hybridized carbons (Fsp3) is 0.375. The molecule has 1 aromatic heterocycles. The van der Waals surface area contributed by atoms with Gasteiger partial charge in [-0.1, -0.05) is 17.3 Å². The normalized spacial score (nSPS) is 13.8. The number of benzene rings is 1. The van der Waals surface area contributed by atoms with E-state index in [1.807, 2.05) is 12.1 Å². The molecule has 7 heteroatoms. The van der Waals surface area contributed by atoms with E-state index in [-0.39, 0.29) is 12.5 Å². The Morgan fingerprint density at radius 3 is 2.52 bits per heavy atom. The van der Waals surface area contributed by atoms with Crippen molar-refractivity contribution in [2.45, 2.75) is 12.8 Å². The zero-order valence-electron chi connectivity index (χ0n) is 12.8. The Bertz CT molecular complexity index is 719. The topological polar surface area (TPSA) is 88.3 Å². The number of hydrogen-bond acceptors (Lipinski definition) is 4. The van der Waals surface area contributed by atoms with E-state index in [0.29, 0.717) is 18.0 Å². The van der Waals surface area contributed by atoms with Gasteiger partial charge in [0.25, 0.3) is 5.91 Å². The number of carboxylic acid groups (broad SMARTS) is 1. The number of nitrogens with zero attached hydrogens (tertiary/aromatic N) is 4. The van der Waals surface area contributed by atoms with Crippen molar-refractivity contribution in [3.63, 3.8) is 0 Å². The zero-order chi connectivity index (χ0) is 16.4. The molecule has 0 unspecified atom stereocenters. The molecule has 0 saturated heterocycles. The first kappa shape index (κ1) is 15.2. The van der Waals surface area contributed by atoms with E-state index in [4.69, 9.17) is 5.11 Å². The molecule has 1 heterocycles. The molecule has 0 atom stereocenters. The molecular weight excluding hydrogens is 296 g/mol. The molecule has 1 aliphatic rings. The van der Waals surface area contributed by atoms with Crippen molar-refractivity contribution in [3.05, 3.63) is 36.0 Å². The summed E-state index contributed by atoms with van der Waals surface area (Å²) in [5.74, 6) is -0.788. The van der Waals surface area contributed by atoms with E-state index >= 15 is 0 Å². The lowest BCUT2D eigenvalue weighted by Gasteiger charge is -2.20. The standard InChI is InChI=1S/C16H18N4O3/c1-19-14(8-17-18-19)12-4-6-13(7-5-12)16(23)20(10-15(21)22)9-11-2-3-11/h4-8,11H,2-3,9-10H2,1H3,(H,21,22). The Balaban J connectivity index is 1.77. The van der Waals surface area contributed by atoms with Crippen LogP contribution in [0.2, 0.25) is 0 Å². The SMILES string of the molecule is Cn1nncc1-c1ccc(C(=O)N(CC(=O)O)CC2CC2)cc1. The molecule has 0 spiro atoms. The number of carbonyl (C=O) groups excluding carboxylic acids is 1. The molecule has 0 bridgehead atoms. The maximum atomic E-state index is 12.5. The molecule has 1 amide bonds. The van der Waals surface area contributed by atoms with Crippen molar-refractivity contribution in [1.82, 2.24) is 19.9 Å². The largest absolute Gasteiger partial charge is 0.480 e. The lowest BCUT2D eigenvalue weighted by atomic mass is 10.1. The minimum absolute atomic E-state index is 0.242. The third-order valence-corrected chi connectivity index (χ3v) is 3.93. The molecule has 7 nitrogen and oxygen atoms in total. The first-order valence-electron chi connectivity index (χ1n) is 7.51. The molecule has 1 aromatic carbocycles. The highest BCUT2D eigenvalue weighted by atomic mass is 16.4. The van der Waals surface area contributed by atoms with Crippen LogP contribution in [0.3, 0.4) is 0 Å². The van der Waals surface area contributed by atoms with Crippen LogP contribution < -0.4 is 0 Å². The Hall–Kier alpha value is -2.70. The molecule has 1 N–H and O–H groups in total. The minimum atomic E-state index is -0.989. The first-order chi connectivity index (χ1) is 11.0. The minimum Gasteiger partial charge on any atom is -0.480 e. The van der Waals surface area contributed by atoms with Crippen LogP contribution in [0.25, 0.3) is 11.3 Å². The lowest BCUT2D eigenvalue weighted by Crippen LogP contribution is -2.37. The van der Waals surface area contributed by atoms with Gasteiger partial charge in [0.2, 0.25) is 0 Å². The van der Waals surface area contributed by atoms with E-state index < -0.39 is 5.97 Å². The Morgan fingerprint density at radius 2 is 2.00 bits per heavy atom. The van der Waals surface area contributed by atoms with Gasteiger partial charge in [0.05, 0.1) is 11.9 Å². The second-order valence-corrected chi connectivity index (χ2v) is 5.84. The van der Waals surface area contributed by atoms with E-state index in [9.17, 15) is 9.59 Å². The van der Waals surface area contributed by atoms with E-state index in [1.165, 1.54) is 4.90 Å². The fourth-order valence-electron chi connectivity index (χ4n) is 2.51. The maximum absolute atomic E-state index is 12.5. The van der Waals surface area contributed by atoms with Crippen molar-refractivity contribution >= 4 is 11.9 Å². The fourth-order valence-corrected chi connectivity index (χ4v) is 2.51. The third-order valence-electron chi connectivity index (χ3n) is 3.93. The average molecular weight is 314 g/mol. The van der Waals surface area contributed by atoms with Crippen LogP contribution in [-0.2, 0) is 11.8 Å². The highest BCUT2D eigenvalue weighted by molar-refractivity contribution is 5.96. The molecule has 23 heavy (non-hydrogen) atoms. The van der Waals surface area contributed by atoms with Crippen LogP contribution in [0.1, 0.15) is 23.2 Å². The summed E-state index contributed by atoms with van der Waals surface area (Å²) in [7, 11) is 1.80. The highest BCUT2D eigenvalue weighted by Gasteiger charge is 2.28. The van der Waals surface area contributed by atoms with E-state index in [0.717, 1.165) is 24.1 Å². The molecule has 1 saturated carbocycles. The number of aryl methyl sites for hydroxylation is 1. The molecule has 1 aliphatic carbocycles. The first-order valence-corrected chi connectivity index (χ1v) is 7.51. The van der Waals surface area contributed by atoms with Gasteiger partial charge in [-0.3, -0.25) is 9.59 Å². The van der Waals surface area contributed by atoms with Crippen molar-refractivity contribution in [3.8, 4) is 11.3 Å². The summed E-state index contributed by atoms with van der Waals surface area (Å²) in [6.45, 7) is 0.251. The summed E-state index contributed by atoms with van der Waals surface area (Å²) in [6.07, 6.45) is 3.78. The van der Waals surface area contributed by atoms with Crippen molar-refractivity contribution in [1.29, 1.82) is 0 Å². The van der Waals surface area contributed by atoms with Gasteiger partial charge in [0.15, 0.2) is 0 Å². The number of hydrogen-bond donors (Lipinski definition) is 1. The van der Waals surface area contributed by atoms with Crippen LogP contribution >= 0.6 is 0 Å². The molecule has 120 valence electrons. The predicted octanol–water partition coefficient (Wildman–Crippen LogP) is 1.42. The van der Waals surface area contributed by atoms with Gasteiger partial charge in [-0.15, -0.1) is 5.10 Å². The number of carboxylic acids is 1. The number of aromatic nitrogens is 3. The molecule has 0 aliphatic heterocycles. The summed E-state index contributed by atoms with van der Waals surface area (Å²) in [6, 6.07) is 7.07. The monoisotopic (exact) mass is 314 g/mol. The maximum Gasteiger partial charge on any atom is 0.323 e. The van der Waals surface area contributed by atoms with Gasteiger partial charge >= 0.3 is 5.97 Å². The molecule has 1 fully saturated rings. The summed E-state index contributed by atoms with van der Waals surface area (Å²) in [5, 5.41) is 16.7. The summed E-state index contributed by atoms with van der Waals surface area (Å²) in [4.78, 5) is 24.9. The van der Waals surface area contributed by atoms with Gasteiger partial charge in [-0.05, 0) is 30.9 Å². The van der Waals surface area contributed by atoms with Crippen LogP contribution in [0, 0.1) is 5.92 Å². The summed E-state index contributed by atoms with van der Waals surface area (Å²) in [5.41, 5.74) is 2.25. The average Bonchev–Trinajstić information content (AvgIpc) is 3.24. The summed E-state index contributed by atoms with van der Waals surface area (Å²) < 4.78 is 1.65. The van der Waals surface area contributed by atoms with Crippen LogP contribution in [0.5, 0.6) is 0 Å². The number of amides is 1. The number of aliphatic carboxylic acids is 1. The Morgan fingerprint density at radius 1 is 1.30 bits per heavy atom. The molecule has 0 radical (unpaired) electrons. The smallest absolute Gasteiger partial charge is 0.323 e. The lowest BCUT2D eigenvalue weighted by molar-refractivity contribution is -0.137. The third kappa shape index (κ3) is 3.56. The van der Waals surface area contributed by atoms with Gasteiger partial charge < -0.3 is 10.0 Å². The summed E-state index contributed by atoms with van der Waals surface area (Å²) >= 11 is 0. The highest BCUT2D eigenvalue weighted by Crippen LogP contribution is 2.30. The van der Waals surface area contributed by atoms with Crippen LogP contribution in [-0.4, -0.2) is 50.0 Å². The van der Waals surface area contributed by atoms with Crippen molar-refractivity contribution in [2.24, 2.45) is 13.0 Å². The van der Waals surface area contributed by atoms with Crippen molar-refractivity contribution in [2.75, 3.05) is 13.1 Å². The Labute approximate surface area is 133 Å². The van der Waals surface area contributed by atoms with Gasteiger partial charge in [0.1, 0.15) is 6.54 Å². The van der Waals surface area contributed by atoms with E-state index in [2.05, 4.69) is 10.3 Å². The van der Waals surface area contributed by atoms with Gasteiger partial charge in [0, 0.05) is 24.7 Å². The molecule has 2 aromatic rings. The second-order valence-electron chi connectivity index (χ2n) is 5.84. The van der Waals surface area contributed by atoms with Gasteiger partial charge in [-0.25, -0.2) is 4.68 Å². The Kier molecular flexibility index (Phi) is 4.10. The number of rotatable bonds is 6. The van der Waals surface area contributed by atoms with Gasteiger partial charge in [-0.2, -0.15) is 0 Å². The zero-order valence-corrected chi connectivity index (χ0v) is 12.8. The van der Waals surface area contributed by atoms with Crippen LogP contribution in [0.4, 0.5) is 0 Å². The quantitative estimate of drug-likeness (QED) is 0.871. The number of carbonyl (C=O) groups is 2. The second kappa shape index (κ2) is 6.20. The van der Waals surface area contributed by atoms with Crippen LogP contribution in [0.15, 0.2) is 30.5 Å².